The molecule has 0 fully saturated rings. The predicted octanol–water partition coefficient (Wildman–Crippen LogP) is 0.168. The topological polar surface area (TPSA) is 70.4 Å². The van der Waals surface area contributed by atoms with Gasteiger partial charge in [-0.15, -0.1) is 0 Å². The second kappa shape index (κ2) is 2.86. The Morgan fingerprint density at radius 1 is 1.69 bits per heavy atom. The van der Waals surface area contributed by atoms with Crippen LogP contribution in [0.3, 0.4) is 0 Å². The first kappa shape index (κ1) is 8.28. The first-order chi connectivity index (χ1) is 6.20. The summed E-state index contributed by atoms with van der Waals surface area (Å²) in [5, 5.41) is 9.01. The fraction of sp³-hybridized carbons (Fsp3) is 0.143. The van der Waals surface area contributed by atoms with E-state index in [1.54, 1.807) is 0 Å². The molecule has 5 nitrogen and oxygen atoms in total. The molecular formula is C7H6ClN3O2. The van der Waals surface area contributed by atoms with Crippen molar-refractivity contribution in [1.29, 1.82) is 0 Å². The molecule has 2 aromatic heterocycles. The quantitative estimate of drug-likeness (QED) is 0.644. The Labute approximate surface area is 77.6 Å². The van der Waals surface area contributed by atoms with E-state index in [0.29, 0.717) is 11.3 Å². The molecule has 0 unspecified atom stereocenters. The molecule has 0 aliphatic carbocycles. The van der Waals surface area contributed by atoms with Crippen molar-refractivity contribution in [3.8, 4) is 0 Å². The van der Waals surface area contributed by atoms with E-state index in [9.17, 15) is 4.79 Å². The van der Waals surface area contributed by atoms with Gasteiger partial charge in [-0.1, -0.05) is 11.6 Å². The number of aromatic nitrogens is 3. The maximum absolute atomic E-state index is 11.2. The Balaban J connectivity index is 2.83. The van der Waals surface area contributed by atoms with Crippen molar-refractivity contribution < 1.29 is 5.11 Å². The van der Waals surface area contributed by atoms with E-state index in [2.05, 4.69) is 9.97 Å². The number of aromatic amines is 1. The Morgan fingerprint density at radius 3 is 3.15 bits per heavy atom. The molecule has 0 amide bonds. The molecule has 2 heterocycles. The third-order valence-electron chi connectivity index (χ3n) is 1.65. The van der Waals surface area contributed by atoms with Crippen molar-refractivity contribution in [2.75, 3.05) is 0 Å². The summed E-state index contributed by atoms with van der Waals surface area (Å²) in [6.07, 6.45) is 1.46. The number of nitrogens with zero attached hydrogens (tertiary/aromatic N) is 2. The van der Waals surface area contributed by atoms with Gasteiger partial charge in [0.25, 0.3) is 0 Å². The fourth-order valence-electron chi connectivity index (χ4n) is 1.10. The SMILES string of the molecule is O=c1[nH]c(Cl)cc2nc(CO)cn12. The largest absolute Gasteiger partial charge is 0.390 e. The van der Waals surface area contributed by atoms with Crippen LogP contribution in [0.2, 0.25) is 5.15 Å². The molecule has 68 valence electrons. The van der Waals surface area contributed by atoms with Gasteiger partial charge < -0.3 is 5.11 Å². The van der Waals surface area contributed by atoms with Gasteiger partial charge in [-0.2, -0.15) is 0 Å². The van der Waals surface area contributed by atoms with Crippen LogP contribution >= 0.6 is 11.6 Å². The van der Waals surface area contributed by atoms with Crippen molar-refractivity contribution >= 4 is 17.2 Å². The van der Waals surface area contributed by atoms with E-state index in [0.717, 1.165) is 0 Å². The van der Waals surface area contributed by atoms with Gasteiger partial charge in [-0.25, -0.2) is 9.78 Å². The average Bonchev–Trinajstić information content (AvgIpc) is 2.47. The molecule has 0 saturated heterocycles. The number of H-pyrrole nitrogens is 1. The Bertz CT molecular complexity index is 502. The molecule has 0 spiro atoms. The molecule has 0 saturated carbocycles. The average molecular weight is 200 g/mol. The van der Waals surface area contributed by atoms with E-state index >= 15 is 0 Å². The number of fused-ring (bicyclic) bond motifs is 1. The van der Waals surface area contributed by atoms with Gasteiger partial charge in [0, 0.05) is 12.3 Å². The lowest BCUT2D eigenvalue weighted by atomic mass is 10.5. The number of halogens is 1. The minimum Gasteiger partial charge on any atom is -0.390 e. The minimum atomic E-state index is -0.366. The maximum Gasteiger partial charge on any atom is 0.332 e. The highest BCUT2D eigenvalue weighted by Crippen LogP contribution is 2.06. The lowest BCUT2D eigenvalue weighted by molar-refractivity contribution is 0.277. The summed E-state index contributed by atoms with van der Waals surface area (Å²) >= 11 is 5.61. The second-order valence-corrected chi connectivity index (χ2v) is 2.95. The molecule has 0 atom stereocenters. The standard InChI is InChI=1S/C7H6ClN3O2/c8-5-1-6-9-4(3-12)2-11(6)7(13)10-5/h1-2,12H,3H2,(H,10,13). The van der Waals surface area contributed by atoms with Crippen molar-refractivity contribution in [2.24, 2.45) is 0 Å². The van der Waals surface area contributed by atoms with Crippen molar-refractivity contribution in [3.63, 3.8) is 0 Å². The van der Waals surface area contributed by atoms with Gasteiger partial charge in [0.1, 0.15) is 10.8 Å². The van der Waals surface area contributed by atoms with Gasteiger partial charge in [0.15, 0.2) is 0 Å². The van der Waals surface area contributed by atoms with Crippen LogP contribution in [0.4, 0.5) is 0 Å². The number of aliphatic hydroxyl groups excluding tert-OH is 1. The Morgan fingerprint density at radius 2 is 2.46 bits per heavy atom. The van der Waals surface area contributed by atoms with Crippen LogP contribution in [-0.4, -0.2) is 19.5 Å². The first-order valence-corrected chi connectivity index (χ1v) is 3.96. The summed E-state index contributed by atoms with van der Waals surface area (Å²) in [7, 11) is 0. The highest BCUT2D eigenvalue weighted by Gasteiger charge is 2.03. The molecule has 13 heavy (non-hydrogen) atoms. The third kappa shape index (κ3) is 1.32. The van der Waals surface area contributed by atoms with E-state index < -0.39 is 0 Å². The monoisotopic (exact) mass is 199 g/mol. The van der Waals surface area contributed by atoms with Gasteiger partial charge in [-0.05, 0) is 0 Å². The van der Waals surface area contributed by atoms with E-state index in [1.165, 1.54) is 16.7 Å². The number of aliphatic hydroxyl groups is 1. The van der Waals surface area contributed by atoms with Crippen LogP contribution in [0.15, 0.2) is 17.1 Å². The minimum absolute atomic E-state index is 0.196. The van der Waals surface area contributed by atoms with E-state index in [-0.39, 0.29) is 17.4 Å². The summed E-state index contributed by atoms with van der Waals surface area (Å²) in [5.74, 6) is 0. The predicted molar refractivity (Wildman–Crippen MR) is 46.7 cm³/mol. The smallest absolute Gasteiger partial charge is 0.332 e. The zero-order valence-corrected chi connectivity index (χ0v) is 7.25. The van der Waals surface area contributed by atoms with E-state index in [1.807, 2.05) is 0 Å². The number of imidazole rings is 1. The maximum atomic E-state index is 11.2. The number of hydrogen-bond donors (Lipinski definition) is 2. The van der Waals surface area contributed by atoms with Crippen LogP contribution < -0.4 is 5.69 Å². The van der Waals surface area contributed by atoms with Crippen LogP contribution in [0.25, 0.3) is 5.65 Å². The fourth-order valence-corrected chi connectivity index (χ4v) is 1.28. The molecule has 2 aromatic rings. The number of hydrogen-bond acceptors (Lipinski definition) is 3. The third-order valence-corrected chi connectivity index (χ3v) is 1.85. The molecule has 6 heteroatoms. The number of rotatable bonds is 1. The molecular weight excluding hydrogens is 194 g/mol. The molecule has 0 aliphatic heterocycles. The second-order valence-electron chi connectivity index (χ2n) is 2.54. The van der Waals surface area contributed by atoms with Crippen molar-refractivity contribution in [3.05, 3.63) is 33.6 Å². The van der Waals surface area contributed by atoms with Crippen LogP contribution in [0, 0.1) is 0 Å². The number of nitrogens with one attached hydrogen (secondary N) is 1. The highest BCUT2D eigenvalue weighted by atomic mass is 35.5. The zero-order valence-electron chi connectivity index (χ0n) is 6.49. The van der Waals surface area contributed by atoms with Crippen molar-refractivity contribution in [1.82, 2.24) is 14.4 Å². The Hall–Kier alpha value is -1.33. The highest BCUT2D eigenvalue weighted by molar-refractivity contribution is 6.29. The molecule has 2 N–H and O–H groups in total. The first-order valence-electron chi connectivity index (χ1n) is 3.58. The summed E-state index contributed by atoms with van der Waals surface area (Å²) < 4.78 is 1.29. The summed E-state index contributed by atoms with van der Waals surface area (Å²) in [5.41, 5.74) is 0.500. The van der Waals surface area contributed by atoms with Gasteiger partial charge >= 0.3 is 5.69 Å². The van der Waals surface area contributed by atoms with Gasteiger partial charge in [-0.3, -0.25) is 9.38 Å². The Kier molecular flexibility index (Phi) is 1.82. The summed E-state index contributed by atoms with van der Waals surface area (Å²) in [6, 6.07) is 1.52. The molecule has 0 bridgehead atoms. The molecule has 2 rings (SSSR count). The molecule has 0 aliphatic rings. The normalized spacial score (nSPS) is 10.9. The van der Waals surface area contributed by atoms with Crippen LogP contribution in [0.1, 0.15) is 5.69 Å². The van der Waals surface area contributed by atoms with Crippen LogP contribution in [0.5, 0.6) is 0 Å². The lowest BCUT2D eigenvalue weighted by Crippen LogP contribution is -2.14. The van der Waals surface area contributed by atoms with Crippen molar-refractivity contribution in [2.45, 2.75) is 6.61 Å². The summed E-state index contributed by atoms with van der Waals surface area (Å²) in [4.78, 5) is 17.6. The van der Waals surface area contributed by atoms with Gasteiger partial charge in [0.2, 0.25) is 0 Å². The zero-order chi connectivity index (χ0) is 9.42. The summed E-state index contributed by atoms with van der Waals surface area (Å²) in [6.45, 7) is -0.196. The molecule has 0 aromatic carbocycles. The molecule has 0 radical (unpaired) electrons. The van der Waals surface area contributed by atoms with E-state index in [4.69, 9.17) is 16.7 Å². The lowest BCUT2D eigenvalue weighted by Gasteiger charge is -1.91. The van der Waals surface area contributed by atoms with Crippen LogP contribution in [-0.2, 0) is 6.61 Å². The van der Waals surface area contributed by atoms with Gasteiger partial charge in [0.05, 0.1) is 12.3 Å².